The molecular formula is C30H26Cl2N2O7S. The molecule has 2 heterocycles. The lowest BCUT2D eigenvalue weighted by Crippen LogP contribution is -2.43. The molecule has 4 aromatic rings. The van der Waals surface area contributed by atoms with Crippen molar-refractivity contribution in [2.45, 2.75) is 36.7 Å². The number of halogens is 2. The van der Waals surface area contributed by atoms with Crippen molar-refractivity contribution >= 4 is 61.8 Å². The molecule has 0 radical (unpaired) electrons. The molecule has 0 aliphatic carbocycles. The molecule has 12 heteroatoms. The van der Waals surface area contributed by atoms with Crippen LogP contribution in [0.25, 0.3) is 11.0 Å². The number of carbonyl (C=O) groups is 3. The number of aliphatic carboxylic acids is 1. The third kappa shape index (κ3) is 6.30. The van der Waals surface area contributed by atoms with Gasteiger partial charge in [0.2, 0.25) is 5.91 Å². The van der Waals surface area contributed by atoms with Crippen LogP contribution in [-0.4, -0.2) is 55.1 Å². The molecule has 0 saturated carbocycles. The predicted octanol–water partition coefficient (Wildman–Crippen LogP) is 4.70. The van der Waals surface area contributed by atoms with Gasteiger partial charge in [-0.15, -0.1) is 0 Å². The fourth-order valence-electron chi connectivity index (χ4n) is 5.05. The number of fused-ring (bicyclic) bond motifs is 2. The highest BCUT2D eigenvalue weighted by molar-refractivity contribution is 7.90. The smallest absolute Gasteiger partial charge is 0.326 e. The molecule has 2 amide bonds. The van der Waals surface area contributed by atoms with Crippen LogP contribution >= 0.6 is 23.2 Å². The molecule has 0 fully saturated rings. The number of sulfone groups is 1. The summed E-state index contributed by atoms with van der Waals surface area (Å²) < 4.78 is 29.1. The summed E-state index contributed by atoms with van der Waals surface area (Å²) in [6.45, 7) is 0.647. The SMILES string of the molecule is CS(=O)(=O)c1cccc(C[C@H](NC(=O)c2c(Cl)cc3c(c2Cl)CCN(C(=O)Cc2ccc4occc4c2)C3)C(=O)O)c1. The molecule has 0 bridgehead atoms. The van der Waals surface area contributed by atoms with Gasteiger partial charge in [0.15, 0.2) is 9.84 Å². The topological polar surface area (TPSA) is 134 Å². The first-order valence-corrected chi connectivity index (χ1v) is 15.6. The number of furan rings is 1. The number of benzene rings is 3. The van der Waals surface area contributed by atoms with E-state index in [-0.39, 0.29) is 45.8 Å². The molecule has 0 spiro atoms. The Labute approximate surface area is 251 Å². The van der Waals surface area contributed by atoms with Crippen LogP contribution < -0.4 is 5.32 Å². The quantitative estimate of drug-likeness (QED) is 0.289. The Morgan fingerprint density at radius 1 is 1.07 bits per heavy atom. The van der Waals surface area contributed by atoms with Crippen molar-refractivity contribution in [3.63, 3.8) is 0 Å². The predicted molar refractivity (Wildman–Crippen MR) is 158 cm³/mol. The minimum Gasteiger partial charge on any atom is -0.480 e. The number of nitrogens with zero attached hydrogens (tertiary/aromatic N) is 1. The molecule has 9 nitrogen and oxygen atoms in total. The lowest BCUT2D eigenvalue weighted by molar-refractivity contribution is -0.139. The summed E-state index contributed by atoms with van der Waals surface area (Å²) in [5.41, 5.74) is 3.35. The number of amides is 2. The maximum Gasteiger partial charge on any atom is 0.326 e. The van der Waals surface area contributed by atoms with Crippen LogP contribution in [0.2, 0.25) is 10.0 Å². The molecule has 1 aliphatic rings. The van der Waals surface area contributed by atoms with Gasteiger partial charge in [-0.05, 0) is 65.1 Å². The highest BCUT2D eigenvalue weighted by atomic mass is 35.5. The van der Waals surface area contributed by atoms with Gasteiger partial charge in [-0.25, -0.2) is 13.2 Å². The van der Waals surface area contributed by atoms with Gasteiger partial charge in [0.1, 0.15) is 11.6 Å². The fraction of sp³-hybridized carbons (Fsp3) is 0.233. The summed E-state index contributed by atoms with van der Waals surface area (Å²) in [5.74, 6) is -2.14. The van der Waals surface area contributed by atoms with Gasteiger partial charge < -0.3 is 19.7 Å². The zero-order chi connectivity index (χ0) is 30.2. The Balaban J connectivity index is 1.31. The Hall–Kier alpha value is -3.86. The third-order valence-electron chi connectivity index (χ3n) is 7.23. The van der Waals surface area contributed by atoms with E-state index < -0.39 is 27.8 Å². The van der Waals surface area contributed by atoms with Gasteiger partial charge in [-0.3, -0.25) is 9.59 Å². The minimum absolute atomic E-state index is 0.0270. The molecule has 1 aliphatic heterocycles. The monoisotopic (exact) mass is 628 g/mol. The zero-order valence-corrected chi connectivity index (χ0v) is 24.7. The van der Waals surface area contributed by atoms with E-state index in [1.54, 1.807) is 23.3 Å². The van der Waals surface area contributed by atoms with E-state index in [1.807, 2.05) is 24.3 Å². The van der Waals surface area contributed by atoms with Gasteiger partial charge in [-0.2, -0.15) is 0 Å². The summed E-state index contributed by atoms with van der Waals surface area (Å²) in [6.07, 6.45) is 3.09. The first-order chi connectivity index (χ1) is 19.9. The van der Waals surface area contributed by atoms with Crippen molar-refractivity contribution in [2.24, 2.45) is 0 Å². The standard InChI is InChI=1S/C30H26Cl2N2O7S/c1-42(39,40)21-4-2-3-17(12-21)13-24(30(37)38)33-29(36)27-23(31)15-20-16-34(9-7-22(20)28(27)32)26(35)14-18-5-6-25-19(11-18)8-10-41-25/h2-6,8,10-12,15,24H,7,9,13-14,16H2,1H3,(H,33,36)(H,37,38)/t24-/m0/s1. The summed E-state index contributed by atoms with van der Waals surface area (Å²) in [4.78, 5) is 40.1. The molecule has 0 unspecified atom stereocenters. The second-order valence-electron chi connectivity index (χ2n) is 10.2. The Bertz CT molecular complexity index is 1830. The molecule has 3 aromatic carbocycles. The van der Waals surface area contributed by atoms with Gasteiger partial charge in [0, 0.05) is 31.2 Å². The van der Waals surface area contributed by atoms with Gasteiger partial charge in [0.25, 0.3) is 5.91 Å². The lowest BCUT2D eigenvalue weighted by atomic mass is 9.95. The number of nitrogens with one attached hydrogen (secondary N) is 1. The average Bonchev–Trinajstić information content (AvgIpc) is 3.40. The molecule has 1 atom stereocenters. The maximum atomic E-state index is 13.2. The first-order valence-electron chi connectivity index (χ1n) is 13.0. The van der Waals surface area contributed by atoms with Crippen molar-refractivity contribution in [3.8, 4) is 0 Å². The number of rotatable bonds is 8. The van der Waals surface area contributed by atoms with E-state index in [9.17, 15) is 27.9 Å². The maximum absolute atomic E-state index is 13.2. The summed E-state index contributed by atoms with van der Waals surface area (Å²) in [7, 11) is -3.50. The van der Waals surface area contributed by atoms with Crippen LogP contribution in [-0.2, 0) is 45.2 Å². The third-order valence-corrected chi connectivity index (χ3v) is 9.05. The normalized spacial score (nSPS) is 13.9. The second kappa shape index (κ2) is 11.8. The van der Waals surface area contributed by atoms with Crippen molar-refractivity contribution in [2.75, 3.05) is 12.8 Å². The number of carbonyl (C=O) groups excluding carboxylic acids is 2. The van der Waals surface area contributed by atoms with Crippen LogP contribution in [0.4, 0.5) is 0 Å². The van der Waals surface area contributed by atoms with Crippen LogP contribution in [0.15, 0.2) is 70.2 Å². The molecule has 2 N–H and O–H groups in total. The van der Waals surface area contributed by atoms with E-state index in [2.05, 4.69) is 5.32 Å². The largest absolute Gasteiger partial charge is 0.480 e. The van der Waals surface area contributed by atoms with Crippen LogP contribution in [0.1, 0.15) is 32.6 Å². The molecule has 42 heavy (non-hydrogen) atoms. The van der Waals surface area contributed by atoms with Crippen molar-refractivity contribution < 1.29 is 32.3 Å². The highest BCUT2D eigenvalue weighted by Crippen LogP contribution is 2.35. The number of carboxylic acids is 1. The van der Waals surface area contributed by atoms with Crippen LogP contribution in [0.5, 0.6) is 0 Å². The molecule has 218 valence electrons. The van der Waals surface area contributed by atoms with E-state index in [1.165, 1.54) is 18.2 Å². The van der Waals surface area contributed by atoms with E-state index in [4.69, 9.17) is 27.6 Å². The lowest BCUT2D eigenvalue weighted by Gasteiger charge is -2.30. The first kappa shape index (κ1) is 29.6. The molecule has 0 saturated heterocycles. The summed E-state index contributed by atoms with van der Waals surface area (Å²) in [5, 5.41) is 13.3. The Morgan fingerprint density at radius 2 is 1.86 bits per heavy atom. The van der Waals surface area contributed by atoms with Crippen molar-refractivity contribution in [1.29, 1.82) is 0 Å². The average molecular weight is 630 g/mol. The molecule has 1 aromatic heterocycles. The molecular weight excluding hydrogens is 603 g/mol. The number of hydrogen-bond acceptors (Lipinski definition) is 6. The van der Waals surface area contributed by atoms with Gasteiger partial charge in [0.05, 0.1) is 33.2 Å². The Morgan fingerprint density at radius 3 is 2.60 bits per heavy atom. The van der Waals surface area contributed by atoms with E-state index in [0.29, 0.717) is 29.7 Å². The van der Waals surface area contributed by atoms with Crippen LogP contribution in [0.3, 0.4) is 0 Å². The Kier molecular flexibility index (Phi) is 8.32. The van der Waals surface area contributed by atoms with Crippen molar-refractivity contribution in [3.05, 3.63) is 98.7 Å². The second-order valence-corrected chi connectivity index (χ2v) is 13.0. The van der Waals surface area contributed by atoms with Crippen molar-refractivity contribution in [1.82, 2.24) is 10.2 Å². The number of hydrogen-bond donors (Lipinski definition) is 2. The van der Waals surface area contributed by atoms with E-state index in [0.717, 1.165) is 22.8 Å². The summed E-state index contributed by atoms with van der Waals surface area (Å²) >= 11 is 13.1. The van der Waals surface area contributed by atoms with E-state index >= 15 is 0 Å². The summed E-state index contributed by atoms with van der Waals surface area (Å²) in [6, 6.07) is 13.5. The zero-order valence-electron chi connectivity index (χ0n) is 22.4. The fourth-order valence-corrected chi connectivity index (χ4v) is 6.51. The molecule has 5 rings (SSSR count). The van der Waals surface area contributed by atoms with Crippen LogP contribution in [0, 0.1) is 0 Å². The minimum atomic E-state index is -3.50. The highest BCUT2D eigenvalue weighted by Gasteiger charge is 2.29. The van der Waals surface area contributed by atoms with Gasteiger partial charge in [-0.1, -0.05) is 41.4 Å². The van der Waals surface area contributed by atoms with Gasteiger partial charge >= 0.3 is 5.97 Å². The number of carboxylic acid groups (broad SMARTS) is 1.